The number of carbonyl (C=O) groups is 1. The van der Waals surface area contributed by atoms with Crippen LogP contribution >= 0.6 is 11.6 Å². The van der Waals surface area contributed by atoms with Gasteiger partial charge in [-0.05, 0) is 12.8 Å². The number of hydrogen-bond donors (Lipinski definition) is 2. The van der Waals surface area contributed by atoms with E-state index >= 15 is 0 Å². The van der Waals surface area contributed by atoms with Gasteiger partial charge in [-0.15, -0.1) is 5.10 Å². The van der Waals surface area contributed by atoms with Crippen molar-refractivity contribution >= 4 is 23.2 Å². The molecular formula is C13H16ClF3N4O. The molecule has 1 heterocycles. The SMILES string of the molecule is O=C(NCC(F)(F)F)C1CCCCC1Nc1cnnc(Cl)c1. The van der Waals surface area contributed by atoms with Gasteiger partial charge in [0.1, 0.15) is 6.54 Å². The molecule has 0 aliphatic heterocycles. The standard InChI is InChI=1S/C13H16ClF3N4O/c14-11-5-8(6-19-21-11)20-10-4-2-1-3-9(10)12(22)18-7-13(15,16)17/h5-6,9-10H,1-4,7H2,(H,18,22)(H,20,21). The molecule has 2 rings (SSSR count). The van der Waals surface area contributed by atoms with E-state index in [0.717, 1.165) is 12.8 Å². The molecule has 1 amide bonds. The molecule has 1 saturated carbocycles. The van der Waals surface area contributed by atoms with Crippen molar-refractivity contribution in [1.29, 1.82) is 0 Å². The highest BCUT2D eigenvalue weighted by Crippen LogP contribution is 2.28. The lowest BCUT2D eigenvalue weighted by molar-refractivity contribution is -0.141. The van der Waals surface area contributed by atoms with E-state index in [0.29, 0.717) is 18.5 Å². The molecule has 1 aromatic heterocycles. The van der Waals surface area contributed by atoms with Gasteiger partial charge in [0.2, 0.25) is 5.91 Å². The van der Waals surface area contributed by atoms with Gasteiger partial charge >= 0.3 is 6.18 Å². The average Bonchev–Trinajstić information content (AvgIpc) is 2.45. The minimum absolute atomic E-state index is 0.207. The van der Waals surface area contributed by atoms with Crippen molar-refractivity contribution in [3.05, 3.63) is 17.4 Å². The van der Waals surface area contributed by atoms with Crippen molar-refractivity contribution in [2.75, 3.05) is 11.9 Å². The number of rotatable bonds is 4. The first-order valence-corrected chi connectivity index (χ1v) is 7.32. The summed E-state index contributed by atoms with van der Waals surface area (Å²) in [7, 11) is 0. The zero-order valence-electron chi connectivity index (χ0n) is 11.7. The molecule has 2 unspecified atom stereocenters. The van der Waals surface area contributed by atoms with Crippen LogP contribution in [0.3, 0.4) is 0 Å². The Kier molecular flexibility index (Phi) is 5.44. The molecule has 0 bridgehead atoms. The van der Waals surface area contributed by atoms with Crippen LogP contribution in [0.1, 0.15) is 25.7 Å². The van der Waals surface area contributed by atoms with Crippen molar-refractivity contribution in [3.8, 4) is 0 Å². The molecule has 122 valence electrons. The Morgan fingerprint density at radius 1 is 1.36 bits per heavy atom. The van der Waals surface area contributed by atoms with Crippen LogP contribution in [0.2, 0.25) is 5.15 Å². The van der Waals surface area contributed by atoms with E-state index < -0.39 is 24.5 Å². The zero-order chi connectivity index (χ0) is 16.2. The second kappa shape index (κ2) is 7.13. The largest absolute Gasteiger partial charge is 0.405 e. The van der Waals surface area contributed by atoms with Gasteiger partial charge in [-0.3, -0.25) is 4.79 Å². The Morgan fingerprint density at radius 2 is 2.09 bits per heavy atom. The number of carbonyl (C=O) groups excluding carboxylic acids is 1. The second-order valence-electron chi connectivity index (χ2n) is 5.24. The van der Waals surface area contributed by atoms with Crippen LogP contribution in [0.4, 0.5) is 18.9 Å². The minimum atomic E-state index is -4.41. The van der Waals surface area contributed by atoms with Gasteiger partial charge in [0.15, 0.2) is 5.15 Å². The Hall–Kier alpha value is -1.57. The first-order chi connectivity index (χ1) is 10.3. The molecule has 5 nitrogen and oxygen atoms in total. The predicted octanol–water partition coefficient (Wildman–Crippen LogP) is 2.78. The van der Waals surface area contributed by atoms with Gasteiger partial charge in [-0.2, -0.15) is 18.3 Å². The molecule has 9 heteroatoms. The molecule has 2 N–H and O–H groups in total. The number of amides is 1. The number of hydrogen-bond acceptors (Lipinski definition) is 4. The molecule has 1 aromatic rings. The van der Waals surface area contributed by atoms with Crippen molar-refractivity contribution < 1.29 is 18.0 Å². The van der Waals surface area contributed by atoms with E-state index in [-0.39, 0.29) is 11.2 Å². The number of nitrogens with zero attached hydrogens (tertiary/aromatic N) is 2. The van der Waals surface area contributed by atoms with E-state index in [2.05, 4.69) is 15.5 Å². The lowest BCUT2D eigenvalue weighted by Gasteiger charge is -2.32. The number of anilines is 1. The predicted molar refractivity (Wildman–Crippen MR) is 75.5 cm³/mol. The maximum Gasteiger partial charge on any atom is 0.405 e. The highest BCUT2D eigenvalue weighted by molar-refractivity contribution is 6.29. The van der Waals surface area contributed by atoms with E-state index in [4.69, 9.17) is 11.6 Å². The van der Waals surface area contributed by atoms with Gasteiger partial charge in [0, 0.05) is 12.1 Å². The van der Waals surface area contributed by atoms with Gasteiger partial charge < -0.3 is 10.6 Å². The minimum Gasteiger partial charge on any atom is -0.380 e. The molecule has 0 saturated heterocycles. The first kappa shape index (κ1) is 16.8. The van der Waals surface area contributed by atoms with Crippen molar-refractivity contribution in [2.24, 2.45) is 5.92 Å². The maximum absolute atomic E-state index is 12.2. The molecule has 0 aromatic carbocycles. The lowest BCUT2D eigenvalue weighted by Crippen LogP contribution is -2.45. The lowest BCUT2D eigenvalue weighted by atomic mass is 9.83. The number of aromatic nitrogens is 2. The number of alkyl halides is 3. The van der Waals surface area contributed by atoms with Crippen molar-refractivity contribution in [2.45, 2.75) is 37.9 Å². The Bertz CT molecular complexity index is 526. The quantitative estimate of drug-likeness (QED) is 0.887. The summed E-state index contributed by atoms with van der Waals surface area (Å²) < 4.78 is 36.6. The topological polar surface area (TPSA) is 66.9 Å². The van der Waals surface area contributed by atoms with Crippen LogP contribution in [-0.2, 0) is 4.79 Å². The fourth-order valence-electron chi connectivity index (χ4n) is 2.57. The summed E-state index contributed by atoms with van der Waals surface area (Å²) >= 11 is 5.74. The molecule has 1 aliphatic rings. The number of nitrogens with one attached hydrogen (secondary N) is 2. The van der Waals surface area contributed by atoms with Gasteiger partial charge in [-0.25, -0.2) is 0 Å². The van der Waals surface area contributed by atoms with E-state index in [9.17, 15) is 18.0 Å². The monoisotopic (exact) mass is 336 g/mol. The first-order valence-electron chi connectivity index (χ1n) is 6.94. The smallest absolute Gasteiger partial charge is 0.380 e. The van der Waals surface area contributed by atoms with E-state index in [1.807, 2.05) is 5.32 Å². The van der Waals surface area contributed by atoms with Gasteiger partial charge in [-0.1, -0.05) is 24.4 Å². The average molecular weight is 337 g/mol. The highest BCUT2D eigenvalue weighted by atomic mass is 35.5. The third-order valence-electron chi connectivity index (χ3n) is 3.54. The Morgan fingerprint density at radius 3 is 2.77 bits per heavy atom. The summed E-state index contributed by atoms with van der Waals surface area (Å²) in [5.74, 6) is -1.09. The van der Waals surface area contributed by atoms with E-state index in [1.54, 1.807) is 6.07 Å². The fraction of sp³-hybridized carbons (Fsp3) is 0.615. The Labute approximate surface area is 130 Å². The maximum atomic E-state index is 12.2. The third-order valence-corrected chi connectivity index (χ3v) is 3.73. The van der Waals surface area contributed by atoms with Crippen LogP contribution in [-0.4, -0.2) is 34.9 Å². The zero-order valence-corrected chi connectivity index (χ0v) is 12.4. The van der Waals surface area contributed by atoms with Crippen LogP contribution < -0.4 is 10.6 Å². The summed E-state index contributed by atoms with van der Waals surface area (Å²) in [5, 5.41) is 12.6. The fourth-order valence-corrected chi connectivity index (χ4v) is 2.73. The molecule has 2 atom stereocenters. The van der Waals surface area contributed by atoms with Crippen molar-refractivity contribution in [3.63, 3.8) is 0 Å². The second-order valence-corrected chi connectivity index (χ2v) is 5.63. The Balaban J connectivity index is 2.00. The summed E-state index contributed by atoms with van der Waals surface area (Å²) in [4.78, 5) is 12.0. The number of halogens is 4. The summed E-state index contributed by atoms with van der Waals surface area (Å²) in [6.07, 6.45) is 0.0310. The molecule has 22 heavy (non-hydrogen) atoms. The van der Waals surface area contributed by atoms with Crippen molar-refractivity contribution in [1.82, 2.24) is 15.5 Å². The molecule has 1 fully saturated rings. The molecule has 0 radical (unpaired) electrons. The van der Waals surface area contributed by atoms with E-state index in [1.165, 1.54) is 6.20 Å². The highest BCUT2D eigenvalue weighted by Gasteiger charge is 2.34. The third kappa shape index (κ3) is 5.01. The van der Waals surface area contributed by atoms with Crippen LogP contribution in [0.25, 0.3) is 0 Å². The normalized spacial score (nSPS) is 22.2. The molecule has 0 spiro atoms. The molecular weight excluding hydrogens is 321 g/mol. The summed E-state index contributed by atoms with van der Waals surface area (Å²) in [6, 6.07) is 1.32. The van der Waals surface area contributed by atoms with Crippen LogP contribution in [0, 0.1) is 5.92 Å². The van der Waals surface area contributed by atoms with Crippen LogP contribution in [0.15, 0.2) is 12.3 Å². The van der Waals surface area contributed by atoms with Gasteiger partial charge in [0.05, 0.1) is 17.8 Å². The van der Waals surface area contributed by atoms with Gasteiger partial charge in [0.25, 0.3) is 0 Å². The van der Waals surface area contributed by atoms with Crippen LogP contribution in [0.5, 0.6) is 0 Å². The molecule has 1 aliphatic carbocycles. The summed E-state index contributed by atoms with van der Waals surface area (Å²) in [5.41, 5.74) is 0.598. The summed E-state index contributed by atoms with van der Waals surface area (Å²) in [6.45, 7) is -1.31.